The molecule has 1 aliphatic carbocycles. The summed E-state index contributed by atoms with van der Waals surface area (Å²) in [6, 6.07) is 7.37. The lowest BCUT2D eigenvalue weighted by Crippen LogP contribution is -2.36. The van der Waals surface area contributed by atoms with Crippen LogP contribution >= 0.6 is 0 Å². The number of hydrogen-bond donors (Lipinski definition) is 0. The summed E-state index contributed by atoms with van der Waals surface area (Å²) in [5.74, 6) is -9.76. The maximum atomic E-state index is 14.1. The van der Waals surface area contributed by atoms with Gasteiger partial charge in [0.15, 0.2) is 6.04 Å². The molecule has 1 aliphatic heterocycles. The number of nitrogens with zero attached hydrogens (tertiary/aromatic N) is 3. The molecule has 2 atom stereocenters. The minimum Gasteiger partial charge on any atom is -0.363 e. The molecule has 1 aromatic heterocycles. The zero-order valence-electron chi connectivity index (χ0n) is 13.6. The molecule has 3 aromatic rings. The zero-order valence-corrected chi connectivity index (χ0v) is 13.6. The number of ether oxygens (including phenoxy) is 1. The molecule has 0 spiro atoms. The van der Waals surface area contributed by atoms with Gasteiger partial charge >= 0.3 is 0 Å². The van der Waals surface area contributed by atoms with Gasteiger partial charge in [0.25, 0.3) is 12.2 Å². The van der Waals surface area contributed by atoms with E-state index in [1.54, 1.807) is 4.57 Å². The van der Waals surface area contributed by atoms with Crippen molar-refractivity contribution in [2.24, 2.45) is 0 Å². The summed E-state index contributed by atoms with van der Waals surface area (Å²) in [6.07, 6.45) is 1.73. The standard InChI is InChI=1S/C18H11F5N3O/c19-12-13(20)15(22)18(16(23)14(12)21)26-7-25-11(24-26)6-27-10-5-8-3-1-2-4-9(8)17(10)25/h1-4,7,10,17H,5-6H2/q+1/t10-,17?/m1/s1. The molecule has 4 nitrogen and oxygen atoms in total. The normalized spacial score (nSPS) is 20.3. The van der Waals surface area contributed by atoms with Crippen molar-refractivity contribution in [3.8, 4) is 5.69 Å². The Labute approximate surface area is 149 Å². The van der Waals surface area contributed by atoms with Crippen molar-refractivity contribution in [2.75, 3.05) is 0 Å². The van der Waals surface area contributed by atoms with E-state index >= 15 is 0 Å². The SMILES string of the molecule is Fc1c(F)c(F)c(-[n+]2cn3c(n2)CO[C@@H]2Cc4ccccc4C23)c(F)c1F. The maximum absolute atomic E-state index is 14.1. The van der Waals surface area contributed by atoms with Gasteiger partial charge in [0.05, 0.1) is 0 Å². The first kappa shape index (κ1) is 16.4. The lowest BCUT2D eigenvalue weighted by molar-refractivity contribution is -0.661. The van der Waals surface area contributed by atoms with Crippen molar-refractivity contribution in [1.82, 2.24) is 9.67 Å². The zero-order chi connectivity index (χ0) is 18.9. The molecule has 2 heterocycles. The molecule has 0 radical (unpaired) electrons. The third-order valence-corrected chi connectivity index (χ3v) is 5.04. The number of benzene rings is 2. The first-order chi connectivity index (χ1) is 13.0. The Bertz CT molecular complexity index is 1070. The van der Waals surface area contributed by atoms with Gasteiger partial charge in [-0.1, -0.05) is 28.9 Å². The van der Waals surface area contributed by atoms with Gasteiger partial charge in [-0.2, -0.15) is 8.78 Å². The molecule has 0 saturated carbocycles. The average Bonchev–Trinajstić information content (AvgIpc) is 3.25. The van der Waals surface area contributed by atoms with E-state index in [4.69, 9.17) is 4.74 Å². The summed E-state index contributed by atoms with van der Waals surface area (Å²) >= 11 is 0. The predicted molar refractivity (Wildman–Crippen MR) is 80.4 cm³/mol. The van der Waals surface area contributed by atoms with Gasteiger partial charge in [0, 0.05) is 12.0 Å². The van der Waals surface area contributed by atoms with Gasteiger partial charge < -0.3 is 4.74 Å². The lowest BCUT2D eigenvalue weighted by Gasteiger charge is -2.22. The molecule has 0 fully saturated rings. The van der Waals surface area contributed by atoms with Crippen LogP contribution < -0.4 is 4.68 Å². The van der Waals surface area contributed by atoms with Gasteiger partial charge in [-0.05, 0) is 10.7 Å². The van der Waals surface area contributed by atoms with Crippen molar-refractivity contribution in [2.45, 2.75) is 25.2 Å². The summed E-state index contributed by atoms with van der Waals surface area (Å²) in [7, 11) is 0. The number of hydrogen-bond acceptors (Lipinski definition) is 2. The largest absolute Gasteiger partial charge is 0.363 e. The Balaban J connectivity index is 1.68. The molecule has 0 N–H and O–H groups in total. The number of rotatable bonds is 1. The van der Waals surface area contributed by atoms with Crippen LogP contribution in [0.5, 0.6) is 0 Å². The summed E-state index contributed by atoms with van der Waals surface area (Å²) in [5, 5.41) is 4.01. The van der Waals surface area contributed by atoms with E-state index in [1.807, 2.05) is 24.3 Å². The molecule has 2 aliphatic rings. The Hall–Kier alpha value is -2.81. The molecule has 0 bridgehead atoms. The molecule has 5 rings (SSSR count). The second-order valence-electron chi connectivity index (χ2n) is 6.50. The smallest absolute Gasteiger partial charge is 0.272 e. The van der Waals surface area contributed by atoms with Crippen molar-refractivity contribution < 1.29 is 31.4 Å². The summed E-state index contributed by atoms with van der Waals surface area (Å²) < 4.78 is 76.8. The number of fused-ring (bicyclic) bond motifs is 5. The fourth-order valence-electron chi connectivity index (χ4n) is 3.82. The van der Waals surface area contributed by atoms with Gasteiger partial charge in [-0.25, -0.2) is 17.7 Å². The molecule has 2 aromatic carbocycles. The average molecular weight is 380 g/mol. The lowest BCUT2D eigenvalue weighted by atomic mass is 10.1. The highest BCUT2D eigenvalue weighted by atomic mass is 19.2. The topological polar surface area (TPSA) is 30.9 Å². The Morgan fingerprint density at radius 2 is 1.63 bits per heavy atom. The van der Waals surface area contributed by atoms with E-state index in [0.717, 1.165) is 11.1 Å². The van der Waals surface area contributed by atoms with E-state index in [9.17, 15) is 22.0 Å². The molecule has 27 heavy (non-hydrogen) atoms. The highest BCUT2D eigenvalue weighted by Gasteiger charge is 2.44. The van der Waals surface area contributed by atoms with Crippen molar-refractivity contribution in [3.05, 3.63) is 76.6 Å². The first-order valence-electron chi connectivity index (χ1n) is 8.18. The number of halogens is 5. The Morgan fingerprint density at radius 3 is 2.37 bits per heavy atom. The van der Waals surface area contributed by atoms with E-state index in [0.29, 0.717) is 16.9 Å². The summed E-state index contributed by atoms with van der Waals surface area (Å²) in [5.41, 5.74) is 0.943. The molecular weight excluding hydrogens is 369 g/mol. The van der Waals surface area contributed by atoms with E-state index in [-0.39, 0.29) is 18.8 Å². The molecule has 1 unspecified atom stereocenters. The van der Waals surface area contributed by atoms with Crippen LogP contribution in [-0.4, -0.2) is 15.8 Å². The minimum atomic E-state index is -2.20. The monoisotopic (exact) mass is 380 g/mol. The van der Waals surface area contributed by atoms with E-state index in [2.05, 4.69) is 5.10 Å². The first-order valence-corrected chi connectivity index (χ1v) is 8.18. The Morgan fingerprint density at radius 1 is 0.963 bits per heavy atom. The van der Waals surface area contributed by atoms with Crippen LogP contribution in [0.25, 0.3) is 5.69 Å². The quantitative estimate of drug-likeness (QED) is 0.281. The van der Waals surface area contributed by atoms with Crippen LogP contribution in [0, 0.1) is 29.1 Å². The van der Waals surface area contributed by atoms with Crippen molar-refractivity contribution in [3.63, 3.8) is 0 Å². The maximum Gasteiger partial charge on any atom is 0.272 e. The Kier molecular flexibility index (Phi) is 3.39. The fraction of sp³-hybridized carbons (Fsp3) is 0.222. The molecule has 9 heteroatoms. The predicted octanol–water partition coefficient (Wildman–Crippen LogP) is 2.90. The van der Waals surface area contributed by atoms with Gasteiger partial charge in [0.1, 0.15) is 12.7 Å². The van der Waals surface area contributed by atoms with Crippen molar-refractivity contribution >= 4 is 0 Å². The van der Waals surface area contributed by atoms with Crippen LogP contribution in [0.4, 0.5) is 22.0 Å². The summed E-state index contributed by atoms with van der Waals surface area (Å²) in [6.45, 7) is 0.0670. The second kappa shape index (κ2) is 5.59. The number of aromatic nitrogens is 3. The van der Waals surface area contributed by atoms with E-state index in [1.165, 1.54) is 6.33 Å². The van der Waals surface area contributed by atoms with Gasteiger partial charge in [-0.3, -0.25) is 0 Å². The molecule has 138 valence electrons. The van der Waals surface area contributed by atoms with Gasteiger partial charge in [-0.15, -0.1) is 0 Å². The molecule has 0 amide bonds. The third-order valence-electron chi connectivity index (χ3n) is 5.04. The van der Waals surface area contributed by atoms with E-state index < -0.39 is 34.8 Å². The highest BCUT2D eigenvalue weighted by Crippen LogP contribution is 2.39. The third kappa shape index (κ3) is 2.18. The van der Waals surface area contributed by atoms with Crippen LogP contribution in [0.3, 0.4) is 0 Å². The second-order valence-corrected chi connectivity index (χ2v) is 6.50. The minimum absolute atomic E-state index is 0.0670. The van der Waals surface area contributed by atoms with Gasteiger partial charge in [0.2, 0.25) is 34.8 Å². The van der Waals surface area contributed by atoms with Crippen LogP contribution in [-0.2, 0) is 17.8 Å². The highest BCUT2D eigenvalue weighted by molar-refractivity contribution is 5.38. The van der Waals surface area contributed by atoms with Crippen LogP contribution in [0.15, 0.2) is 30.6 Å². The van der Waals surface area contributed by atoms with Crippen LogP contribution in [0.2, 0.25) is 0 Å². The molecular formula is C18H11F5N3O+. The van der Waals surface area contributed by atoms with Crippen LogP contribution in [0.1, 0.15) is 23.0 Å². The van der Waals surface area contributed by atoms with Crippen molar-refractivity contribution in [1.29, 1.82) is 0 Å². The fourth-order valence-corrected chi connectivity index (χ4v) is 3.82. The molecule has 0 saturated heterocycles. The summed E-state index contributed by atoms with van der Waals surface area (Å²) in [4.78, 5) is 0.